The summed E-state index contributed by atoms with van der Waals surface area (Å²) in [6.45, 7) is 1.23. The van der Waals surface area contributed by atoms with Crippen molar-refractivity contribution in [2.45, 2.75) is 12.5 Å². The first-order valence-electron chi connectivity index (χ1n) is 6.82. The molecule has 0 aliphatic carbocycles. The zero-order chi connectivity index (χ0) is 14.8. The summed E-state index contributed by atoms with van der Waals surface area (Å²) < 4.78 is 7.64. The number of carbonyl (C=O) groups is 1. The van der Waals surface area contributed by atoms with Gasteiger partial charge in [-0.3, -0.25) is 4.79 Å². The summed E-state index contributed by atoms with van der Waals surface area (Å²) in [7, 11) is 1.84. The quantitative estimate of drug-likeness (QED) is 0.874. The minimum absolute atomic E-state index is 0.0300. The first kappa shape index (κ1) is 13.9. The SMILES string of the molecule is Cn1cnc(C(=O)N2CC[C@@H](Oc3ccccc3Cl)C2)c1. The van der Waals surface area contributed by atoms with Gasteiger partial charge >= 0.3 is 0 Å². The zero-order valence-electron chi connectivity index (χ0n) is 11.7. The Balaban J connectivity index is 1.63. The van der Waals surface area contributed by atoms with Crippen molar-refractivity contribution in [3.8, 4) is 5.75 Å². The maximum Gasteiger partial charge on any atom is 0.274 e. The smallest absolute Gasteiger partial charge is 0.274 e. The number of benzene rings is 1. The highest BCUT2D eigenvalue weighted by Gasteiger charge is 2.29. The van der Waals surface area contributed by atoms with Gasteiger partial charge in [-0.2, -0.15) is 0 Å². The highest BCUT2D eigenvalue weighted by atomic mass is 35.5. The average molecular weight is 306 g/mol. The van der Waals surface area contributed by atoms with E-state index in [1.807, 2.05) is 25.2 Å². The van der Waals surface area contributed by atoms with Gasteiger partial charge in [-0.05, 0) is 12.1 Å². The van der Waals surface area contributed by atoms with Crippen molar-refractivity contribution in [1.29, 1.82) is 0 Å². The Hall–Kier alpha value is -2.01. The van der Waals surface area contributed by atoms with Gasteiger partial charge in [0.15, 0.2) is 0 Å². The molecule has 2 heterocycles. The van der Waals surface area contributed by atoms with Gasteiger partial charge in [0.25, 0.3) is 5.91 Å². The molecule has 0 radical (unpaired) electrons. The third-order valence-electron chi connectivity index (χ3n) is 3.49. The normalized spacial score (nSPS) is 18.0. The first-order chi connectivity index (χ1) is 10.1. The minimum atomic E-state index is -0.0548. The fourth-order valence-corrected chi connectivity index (χ4v) is 2.59. The van der Waals surface area contributed by atoms with Crippen LogP contribution in [0, 0.1) is 0 Å². The second-order valence-corrected chi connectivity index (χ2v) is 5.54. The average Bonchev–Trinajstić information content (AvgIpc) is 3.10. The molecule has 6 heteroatoms. The molecule has 21 heavy (non-hydrogen) atoms. The molecule has 1 aromatic heterocycles. The number of carbonyl (C=O) groups excluding carboxylic acids is 1. The number of imidazole rings is 1. The fourth-order valence-electron chi connectivity index (χ4n) is 2.41. The number of aromatic nitrogens is 2. The fraction of sp³-hybridized carbons (Fsp3) is 0.333. The topological polar surface area (TPSA) is 47.4 Å². The van der Waals surface area contributed by atoms with E-state index in [0.29, 0.717) is 29.6 Å². The van der Waals surface area contributed by atoms with Crippen molar-refractivity contribution in [3.05, 3.63) is 47.5 Å². The lowest BCUT2D eigenvalue weighted by atomic mass is 10.3. The van der Waals surface area contributed by atoms with Crippen LogP contribution in [0.1, 0.15) is 16.9 Å². The van der Waals surface area contributed by atoms with E-state index in [1.165, 1.54) is 0 Å². The number of rotatable bonds is 3. The van der Waals surface area contributed by atoms with Crippen molar-refractivity contribution in [3.63, 3.8) is 0 Å². The summed E-state index contributed by atoms with van der Waals surface area (Å²) in [6, 6.07) is 7.38. The van der Waals surface area contributed by atoms with Crippen LogP contribution in [0.4, 0.5) is 0 Å². The summed E-state index contributed by atoms with van der Waals surface area (Å²) in [6.07, 6.45) is 4.12. The van der Waals surface area contributed by atoms with Crippen LogP contribution in [-0.4, -0.2) is 39.6 Å². The highest BCUT2D eigenvalue weighted by molar-refractivity contribution is 6.32. The molecule has 110 valence electrons. The van der Waals surface area contributed by atoms with Gasteiger partial charge < -0.3 is 14.2 Å². The summed E-state index contributed by atoms with van der Waals surface area (Å²) in [4.78, 5) is 18.2. The van der Waals surface area contributed by atoms with Crippen molar-refractivity contribution >= 4 is 17.5 Å². The third-order valence-corrected chi connectivity index (χ3v) is 3.80. The van der Waals surface area contributed by atoms with Crippen LogP contribution >= 0.6 is 11.6 Å². The second kappa shape index (κ2) is 5.77. The van der Waals surface area contributed by atoms with Crippen LogP contribution in [0.25, 0.3) is 0 Å². The molecule has 0 unspecified atom stereocenters. The van der Waals surface area contributed by atoms with Crippen LogP contribution in [0.2, 0.25) is 5.02 Å². The number of halogens is 1. The summed E-state index contributed by atoms with van der Waals surface area (Å²) in [5.41, 5.74) is 0.468. The van der Waals surface area contributed by atoms with Gasteiger partial charge in [-0.15, -0.1) is 0 Å². The van der Waals surface area contributed by atoms with Gasteiger partial charge in [-0.25, -0.2) is 4.98 Å². The Bertz CT molecular complexity index is 656. The number of para-hydroxylation sites is 1. The molecule has 1 aromatic carbocycles. The van der Waals surface area contributed by atoms with E-state index < -0.39 is 0 Å². The van der Waals surface area contributed by atoms with Crippen LogP contribution in [0.5, 0.6) is 5.75 Å². The van der Waals surface area contributed by atoms with Crippen LogP contribution in [0.3, 0.4) is 0 Å². The van der Waals surface area contributed by atoms with E-state index in [1.54, 1.807) is 28.1 Å². The molecule has 0 spiro atoms. The minimum Gasteiger partial charge on any atom is -0.487 e. The first-order valence-corrected chi connectivity index (χ1v) is 7.19. The van der Waals surface area contributed by atoms with Gasteiger partial charge in [-0.1, -0.05) is 23.7 Å². The molecule has 2 aromatic rings. The maximum absolute atomic E-state index is 12.3. The van der Waals surface area contributed by atoms with Crippen LogP contribution in [0.15, 0.2) is 36.8 Å². The standard InChI is InChI=1S/C15H16ClN3O2/c1-18-9-13(17-10-18)15(20)19-7-6-11(8-19)21-14-5-3-2-4-12(14)16/h2-5,9-11H,6-8H2,1H3/t11-/m1/s1. The Morgan fingerprint density at radius 3 is 2.95 bits per heavy atom. The van der Waals surface area contributed by atoms with Crippen LogP contribution in [-0.2, 0) is 7.05 Å². The van der Waals surface area contributed by atoms with E-state index in [9.17, 15) is 4.79 Å². The molecule has 1 aliphatic rings. The number of nitrogens with zero attached hydrogens (tertiary/aromatic N) is 3. The second-order valence-electron chi connectivity index (χ2n) is 5.13. The number of hydrogen-bond donors (Lipinski definition) is 0. The van der Waals surface area contributed by atoms with E-state index >= 15 is 0 Å². The van der Waals surface area contributed by atoms with E-state index in [2.05, 4.69) is 4.98 Å². The third kappa shape index (κ3) is 3.03. The monoisotopic (exact) mass is 305 g/mol. The molecular weight excluding hydrogens is 290 g/mol. The molecule has 1 atom stereocenters. The number of amides is 1. The number of likely N-dealkylation sites (tertiary alicyclic amines) is 1. The van der Waals surface area contributed by atoms with E-state index in [4.69, 9.17) is 16.3 Å². The van der Waals surface area contributed by atoms with Crippen molar-refractivity contribution in [2.75, 3.05) is 13.1 Å². The van der Waals surface area contributed by atoms with Crippen molar-refractivity contribution in [2.24, 2.45) is 7.05 Å². The van der Waals surface area contributed by atoms with Crippen LogP contribution < -0.4 is 4.74 Å². The number of ether oxygens (including phenoxy) is 1. The maximum atomic E-state index is 12.3. The Kier molecular flexibility index (Phi) is 3.84. The molecule has 0 saturated carbocycles. The lowest BCUT2D eigenvalue weighted by molar-refractivity contribution is 0.0767. The predicted molar refractivity (Wildman–Crippen MR) is 79.6 cm³/mol. The van der Waals surface area contributed by atoms with Crippen molar-refractivity contribution < 1.29 is 9.53 Å². The zero-order valence-corrected chi connectivity index (χ0v) is 12.5. The van der Waals surface area contributed by atoms with E-state index in [-0.39, 0.29) is 12.0 Å². The molecular formula is C15H16ClN3O2. The van der Waals surface area contributed by atoms with Gasteiger partial charge in [0.1, 0.15) is 17.5 Å². The lowest BCUT2D eigenvalue weighted by Crippen LogP contribution is -2.31. The lowest BCUT2D eigenvalue weighted by Gasteiger charge is -2.16. The molecule has 1 fully saturated rings. The van der Waals surface area contributed by atoms with Gasteiger partial charge in [0.05, 0.1) is 17.9 Å². The molecule has 0 N–H and O–H groups in total. The molecule has 1 amide bonds. The van der Waals surface area contributed by atoms with E-state index in [0.717, 1.165) is 6.42 Å². The number of hydrogen-bond acceptors (Lipinski definition) is 3. The summed E-state index contributed by atoms with van der Waals surface area (Å²) in [5, 5.41) is 0.590. The largest absolute Gasteiger partial charge is 0.487 e. The van der Waals surface area contributed by atoms with Crippen molar-refractivity contribution in [1.82, 2.24) is 14.5 Å². The summed E-state index contributed by atoms with van der Waals surface area (Å²) >= 11 is 6.08. The molecule has 1 aliphatic heterocycles. The molecule has 0 bridgehead atoms. The molecule has 3 rings (SSSR count). The van der Waals surface area contributed by atoms with Gasteiger partial charge in [0.2, 0.25) is 0 Å². The summed E-state index contributed by atoms with van der Waals surface area (Å²) in [5.74, 6) is 0.608. The van der Waals surface area contributed by atoms with Gasteiger partial charge in [0, 0.05) is 26.2 Å². The predicted octanol–water partition coefficient (Wildman–Crippen LogP) is 2.37. The Morgan fingerprint density at radius 1 is 1.43 bits per heavy atom. The highest BCUT2D eigenvalue weighted by Crippen LogP contribution is 2.26. The Morgan fingerprint density at radius 2 is 2.24 bits per heavy atom. The number of aryl methyl sites for hydroxylation is 1. The molecule has 1 saturated heterocycles. The molecule has 5 nitrogen and oxygen atoms in total. The Labute approximate surface area is 128 Å².